The van der Waals surface area contributed by atoms with Gasteiger partial charge in [-0.2, -0.15) is 4.31 Å². The Bertz CT molecular complexity index is 1330. The molecule has 0 radical (unpaired) electrons. The molecule has 4 rings (SSSR count). The van der Waals surface area contributed by atoms with E-state index in [-0.39, 0.29) is 61.6 Å². The van der Waals surface area contributed by atoms with Crippen LogP contribution in [0.3, 0.4) is 0 Å². The first-order chi connectivity index (χ1) is 21.1. The summed E-state index contributed by atoms with van der Waals surface area (Å²) in [5, 5.41) is 19.9. The van der Waals surface area contributed by atoms with Gasteiger partial charge >= 0.3 is 6.09 Å². The van der Waals surface area contributed by atoms with Crippen molar-refractivity contribution in [2.75, 3.05) is 44.7 Å². The van der Waals surface area contributed by atoms with Crippen LogP contribution in [0.5, 0.6) is 0 Å². The van der Waals surface area contributed by atoms with Crippen LogP contribution in [0.1, 0.15) is 32.8 Å². The van der Waals surface area contributed by atoms with E-state index in [0.29, 0.717) is 18.8 Å². The summed E-state index contributed by atoms with van der Waals surface area (Å²) in [5.74, 6) is -0.326. The molecule has 5 atom stereocenters. The molecule has 4 N–H and O–H groups in total. The standard InChI is InChI=1S/C31H44N4O8S/c1-4-32-17-29(37)33-23-10-12-24(13-11-23)44(39,40)35(18-21(2)3)19-27(36)26(16-22-8-6-5-7-9-22)34-31(38)43-28-20-42-30-25(28)14-15-41-30/h5-13,21,25-28,30,32,36H,4,14-20H2,1-3H3,(H,33,37)(H,34,38)/t25-,26-,27+,28-,30+/m0/s1. The Morgan fingerprint density at radius 3 is 2.48 bits per heavy atom. The number of likely N-dealkylation sites (N-methyl/N-ethyl adjacent to an activating group) is 1. The van der Waals surface area contributed by atoms with Gasteiger partial charge < -0.3 is 35.3 Å². The van der Waals surface area contributed by atoms with Crippen molar-refractivity contribution in [1.29, 1.82) is 0 Å². The molecule has 12 nitrogen and oxygen atoms in total. The molecule has 13 heteroatoms. The summed E-state index contributed by atoms with van der Waals surface area (Å²) >= 11 is 0. The van der Waals surface area contributed by atoms with Crippen LogP contribution in [-0.4, -0.2) is 93.8 Å². The van der Waals surface area contributed by atoms with Crippen molar-refractivity contribution in [2.24, 2.45) is 11.8 Å². The van der Waals surface area contributed by atoms with Crippen molar-refractivity contribution < 1.29 is 37.3 Å². The summed E-state index contributed by atoms with van der Waals surface area (Å²) in [6.45, 7) is 7.12. The molecule has 2 aromatic rings. The van der Waals surface area contributed by atoms with Gasteiger partial charge in [0, 0.05) is 18.8 Å². The smallest absolute Gasteiger partial charge is 0.407 e. The minimum absolute atomic E-state index is 0.0246. The third kappa shape index (κ3) is 9.22. The fourth-order valence-electron chi connectivity index (χ4n) is 5.34. The van der Waals surface area contributed by atoms with Crippen LogP contribution in [-0.2, 0) is 35.4 Å². The maximum Gasteiger partial charge on any atom is 0.407 e. The second-order valence-electron chi connectivity index (χ2n) is 11.5. The Balaban J connectivity index is 1.48. The van der Waals surface area contributed by atoms with E-state index >= 15 is 0 Å². The van der Waals surface area contributed by atoms with Crippen molar-refractivity contribution in [3.63, 3.8) is 0 Å². The lowest BCUT2D eigenvalue weighted by molar-refractivity contribution is -0.115. The van der Waals surface area contributed by atoms with Crippen LogP contribution in [0, 0.1) is 11.8 Å². The molecule has 2 aliphatic rings. The molecule has 0 aromatic heterocycles. The topological polar surface area (TPSA) is 156 Å². The van der Waals surface area contributed by atoms with Crippen LogP contribution in [0.2, 0.25) is 0 Å². The van der Waals surface area contributed by atoms with Gasteiger partial charge in [0.2, 0.25) is 15.9 Å². The predicted molar refractivity (Wildman–Crippen MR) is 164 cm³/mol. The highest BCUT2D eigenvalue weighted by Gasteiger charge is 2.44. The lowest BCUT2D eigenvalue weighted by atomic mass is 10.0. The van der Waals surface area contributed by atoms with Gasteiger partial charge in [0.05, 0.1) is 42.7 Å². The van der Waals surface area contributed by atoms with Gasteiger partial charge in [-0.15, -0.1) is 0 Å². The lowest BCUT2D eigenvalue weighted by Crippen LogP contribution is -2.51. The monoisotopic (exact) mass is 632 g/mol. The molecule has 0 unspecified atom stereocenters. The van der Waals surface area contributed by atoms with Crippen LogP contribution < -0.4 is 16.0 Å². The SMILES string of the molecule is CCNCC(=O)Nc1ccc(S(=O)(=O)N(CC(C)C)C[C@@H](O)[C@H](Cc2ccccc2)NC(=O)O[C@H]2CO[C@H]3OCC[C@H]32)cc1. The highest BCUT2D eigenvalue weighted by atomic mass is 32.2. The summed E-state index contributed by atoms with van der Waals surface area (Å²) in [6.07, 6.45) is -1.84. The molecule has 2 aromatic carbocycles. The number of nitrogens with zero attached hydrogens (tertiary/aromatic N) is 1. The van der Waals surface area contributed by atoms with E-state index in [0.717, 1.165) is 12.0 Å². The first-order valence-corrected chi connectivity index (χ1v) is 16.5. The number of aliphatic hydroxyl groups excluding tert-OH is 1. The molecule has 2 aliphatic heterocycles. The largest absolute Gasteiger partial charge is 0.443 e. The second kappa shape index (κ2) is 15.8. The number of sulfonamides is 1. The molecule has 2 saturated heterocycles. The number of amides is 2. The number of carbonyl (C=O) groups is 2. The van der Waals surface area contributed by atoms with Crippen molar-refractivity contribution in [1.82, 2.24) is 14.9 Å². The summed E-state index contributed by atoms with van der Waals surface area (Å²) in [4.78, 5) is 25.1. The fourth-order valence-corrected chi connectivity index (χ4v) is 6.96. The first kappa shape index (κ1) is 33.8. The zero-order chi connectivity index (χ0) is 31.7. The van der Waals surface area contributed by atoms with E-state index in [9.17, 15) is 23.1 Å². The zero-order valence-electron chi connectivity index (χ0n) is 25.5. The van der Waals surface area contributed by atoms with Gasteiger partial charge in [0.1, 0.15) is 6.10 Å². The average molecular weight is 633 g/mol. The normalized spacial score (nSPS) is 21.2. The number of rotatable bonds is 15. The average Bonchev–Trinajstić information content (AvgIpc) is 3.61. The third-order valence-corrected chi connectivity index (χ3v) is 9.43. The number of fused-ring (bicyclic) bond motifs is 1. The number of anilines is 1. The van der Waals surface area contributed by atoms with Crippen LogP contribution in [0.25, 0.3) is 0 Å². The fraction of sp³-hybridized carbons (Fsp3) is 0.548. The minimum Gasteiger partial charge on any atom is -0.443 e. The van der Waals surface area contributed by atoms with E-state index in [4.69, 9.17) is 14.2 Å². The number of alkyl carbamates (subject to hydrolysis) is 1. The van der Waals surface area contributed by atoms with Crippen molar-refractivity contribution in [3.05, 3.63) is 60.2 Å². The summed E-state index contributed by atoms with van der Waals surface area (Å²) in [7, 11) is -4.04. The summed E-state index contributed by atoms with van der Waals surface area (Å²) in [5.41, 5.74) is 1.33. The molecule has 2 amide bonds. The van der Waals surface area contributed by atoms with Gasteiger partial charge in [-0.3, -0.25) is 4.79 Å². The number of benzene rings is 2. The predicted octanol–water partition coefficient (Wildman–Crippen LogP) is 2.34. The van der Waals surface area contributed by atoms with Crippen molar-refractivity contribution in [3.8, 4) is 0 Å². The minimum atomic E-state index is -4.04. The quantitative estimate of drug-likeness (QED) is 0.232. The molecule has 0 aliphatic carbocycles. The van der Waals surface area contributed by atoms with Gasteiger partial charge in [0.25, 0.3) is 0 Å². The Morgan fingerprint density at radius 1 is 1.07 bits per heavy atom. The molecule has 2 fully saturated rings. The van der Waals surface area contributed by atoms with Crippen molar-refractivity contribution in [2.45, 2.75) is 63.0 Å². The van der Waals surface area contributed by atoms with Crippen LogP contribution in [0.4, 0.5) is 10.5 Å². The highest BCUT2D eigenvalue weighted by molar-refractivity contribution is 7.89. The van der Waals surface area contributed by atoms with Gasteiger partial charge in [-0.1, -0.05) is 51.1 Å². The molecule has 44 heavy (non-hydrogen) atoms. The van der Waals surface area contributed by atoms with Crippen LogP contribution in [0.15, 0.2) is 59.5 Å². The van der Waals surface area contributed by atoms with E-state index in [1.807, 2.05) is 51.1 Å². The number of carbonyl (C=O) groups excluding carboxylic acids is 2. The first-order valence-electron chi connectivity index (χ1n) is 15.1. The van der Waals surface area contributed by atoms with E-state index in [1.165, 1.54) is 28.6 Å². The third-order valence-electron chi connectivity index (χ3n) is 7.58. The molecule has 0 spiro atoms. The molecular formula is C31H44N4O8S. The van der Waals surface area contributed by atoms with E-state index in [1.54, 1.807) is 0 Å². The maximum absolute atomic E-state index is 13.8. The second-order valence-corrected chi connectivity index (χ2v) is 13.5. The Morgan fingerprint density at radius 2 is 1.80 bits per heavy atom. The molecule has 0 bridgehead atoms. The van der Waals surface area contributed by atoms with E-state index < -0.39 is 34.4 Å². The number of hydrogen-bond donors (Lipinski definition) is 4. The van der Waals surface area contributed by atoms with E-state index in [2.05, 4.69) is 16.0 Å². The maximum atomic E-state index is 13.8. The zero-order valence-corrected chi connectivity index (χ0v) is 26.3. The lowest BCUT2D eigenvalue weighted by Gasteiger charge is -2.31. The highest BCUT2D eigenvalue weighted by Crippen LogP contribution is 2.33. The summed E-state index contributed by atoms with van der Waals surface area (Å²) in [6, 6.07) is 14.4. The molecular weight excluding hydrogens is 588 g/mol. The van der Waals surface area contributed by atoms with Crippen molar-refractivity contribution >= 4 is 27.7 Å². The number of nitrogens with one attached hydrogen (secondary N) is 3. The number of ether oxygens (including phenoxy) is 3. The Kier molecular flexibility index (Phi) is 12.1. The molecule has 2 heterocycles. The molecule has 242 valence electrons. The summed E-state index contributed by atoms with van der Waals surface area (Å²) < 4.78 is 45.6. The Labute approximate surface area is 259 Å². The number of hydrogen-bond acceptors (Lipinski definition) is 9. The number of aliphatic hydroxyl groups is 1. The molecule has 0 saturated carbocycles. The van der Waals surface area contributed by atoms with Crippen LogP contribution >= 0.6 is 0 Å². The van der Waals surface area contributed by atoms with Gasteiger partial charge in [-0.25, -0.2) is 13.2 Å². The van der Waals surface area contributed by atoms with Gasteiger partial charge in [0.15, 0.2) is 6.29 Å². The van der Waals surface area contributed by atoms with Gasteiger partial charge in [-0.05, 0) is 55.1 Å². The Hall–Kier alpha value is -3.07.